The van der Waals surface area contributed by atoms with Gasteiger partial charge in [0.1, 0.15) is 12.4 Å². The van der Waals surface area contributed by atoms with Crippen LogP contribution in [0.15, 0.2) is 73.1 Å². The Morgan fingerprint density at radius 2 is 1.68 bits per heavy atom. The zero-order valence-corrected chi connectivity index (χ0v) is 14.3. The molecule has 2 aromatic carbocycles. The highest BCUT2D eigenvalue weighted by Gasteiger charge is 2.04. The van der Waals surface area contributed by atoms with Crippen molar-refractivity contribution in [2.24, 2.45) is 0 Å². The van der Waals surface area contributed by atoms with Gasteiger partial charge in [-0.15, -0.1) is 0 Å². The standard InChI is InChI=1S/C21H17ClN2O/c22-18-3-1-15(2-4-18)11-19-12-17-13-20(5-6-21(17)24-19)25-14-16-7-9-23-10-8-16/h1-10,12-13,24H,11,14H2. The molecule has 4 aromatic rings. The van der Waals surface area contributed by atoms with E-state index in [-0.39, 0.29) is 0 Å². The molecule has 0 aliphatic carbocycles. The normalized spacial score (nSPS) is 10.9. The summed E-state index contributed by atoms with van der Waals surface area (Å²) in [5.74, 6) is 0.862. The Morgan fingerprint density at radius 3 is 2.48 bits per heavy atom. The summed E-state index contributed by atoms with van der Waals surface area (Å²) in [7, 11) is 0. The maximum Gasteiger partial charge on any atom is 0.120 e. The van der Waals surface area contributed by atoms with Gasteiger partial charge in [0, 0.05) is 40.4 Å². The van der Waals surface area contributed by atoms with E-state index in [2.05, 4.69) is 40.3 Å². The molecule has 0 fully saturated rings. The molecule has 0 saturated heterocycles. The highest BCUT2D eigenvalue weighted by Crippen LogP contribution is 2.24. The monoisotopic (exact) mass is 348 g/mol. The molecule has 0 atom stereocenters. The molecule has 0 saturated carbocycles. The molecule has 124 valence electrons. The summed E-state index contributed by atoms with van der Waals surface area (Å²) in [6, 6.07) is 20.2. The molecule has 0 amide bonds. The largest absolute Gasteiger partial charge is 0.489 e. The van der Waals surface area contributed by atoms with E-state index < -0.39 is 0 Å². The number of pyridine rings is 1. The number of fused-ring (bicyclic) bond motifs is 1. The van der Waals surface area contributed by atoms with E-state index in [1.165, 1.54) is 11.3 Å². The number of hydrogen-bond acceptors (Lipinski definition) is 2. The van der Waals surface area contributed by atoms with Gasteiger partial charge in [-0.05, 0) is 59.7 Å². The molecule has 2 aromatic heterocycles. The van der Waals surface area contributed by atoms with Gasteiger partial charge >= 0.3 is 0 Å². The van der Waals surface area contributed by atoms with Gasteiger partial charge in [-0.1, -0.05) is 23.7 Å². The predicted octanol–water partition coefficient (Wildman–Crippen LogP) is 5.39. The van der Waals surface area contributed by atoms with Crippen molar-refractivity contribution >= 4 is 22.5 Å². The van der Waals surface area contributed by atoms with Crippen molar-refractivity contribution in [1.29, 1.82) is 0 Å². The first-order valence-electron chi connectivity index (χ1n) is 8.14. The van der Waals surface area contributed by atoms with Crippen molar-refractivity contribution in [3.8, 4) is 5.75 Å². The number of aromatic nitrogens is 2. The lowest BCUT2D eigenvalue weighted by Crippen LogP contribution is -1.94. The zero-order chi connectivity index (χ0) is 17.1. The van der Waals surface area contributed by atoms with Gasteiger partial charge in [-0.3, -0.25) is 4.98 Å². The van der Waals surface area contributed by atoms with Crippen LogP contribution in [0.3, 0.4) is 0 Å². The van der Waals surface area contributed by atoms with Gasteiger partial charge in [-0.2, -0.15) is 0 Å². The minimum absolute atomic E-state index is 0.538. The lowest BCUT2D eigenvalue weighted by Gasteiger charge is -2.05. The van der Waals surface area contributed by atoms with Gasteiger partial charge in [0.2, 0.25) is 0 Å². The van der Waals surface area contributed by atoms with E-state index in [4.69, 9.17) is 16.3 Å². The third-order valence-corrected chi connectivity index (χ3v) is 4.36. The Hall–Kier alpha value is -2.78. The Morgan fingerprint density at radius 1 is 0.880 bits per heavy atom. The average molecular weight is 349 g/mol. The van der Waals surface area contributed by atoms with E-state index in [1.807, 2.05) is 30.3 Å². The quantitative estimate of drug-likeness (QED) is 0.525. The minimum atomic E-state index is 0.538. The number of aromatic amines is 1. The van der Waals surface area contributed by atoms with Crippen LogP contribution in [0.2, 0.25) is 5.02 Å². The summed E-state index contributed by atoms with van der Waals surface area (Å²) < 4.78 is 5.88. The van der Waals surface area contributed by atoms with E-state index in [0.29, 0.717) is 6.61 Å². The van der Waals surface area contributed by atoms with Crippen molar-refractivity contribution in [1.82, 2.24) is 9.97 Å². The fraction of sp³-hybridized carbons (Fsp3) is 0.0952. The molecule has 3 nitrogen and oxygen atoms in total. The molecule has 0 bridgehead atoms. The second-order valence-corrected chi connectivity index (χ2v) is 6.43. The van der Waals surface area contributed by atoms with E-state index in [9.17, 15) is 0 Å². The van der Waals surface area contributed by atoms with Crippen LogP contribution in [0.25, 0.3) is 10.9 Å². The van der Waals surface area contributed by atoms with Crippen LogP contribution in [-0.2, 0) is 13.0 Å². The number of ether oxygens (including phenoxy) is 1. The highest BCUT2D eigenvalue weighted by molar-refractivity contribution is 6.30. The summed E-state index contributed by atoms with van der Waals surface area (Å²) in [6.45, 7) is 0.538. The Bertz CT molecular complexity index is 978. The molecule has 1 N–H and O–H groups in total. The second kappa shape index (κ2) is 6.99. The number of nitrogens with one attached hydrogen (secondary N) is 1. The lowest BCUT2D eigenvalue weighted by molar-refractivity contribution is 0.306. The minimum Gasteiger partial charge on any atom is -0.489 e. The van der Waals surface area contributed by atoms with Crippen LogP contribution < -0.4 is 4.74 Å². The predicted molar refractivity (Wildman–Crippen MR) is 101 cm³/mol. The molecule has 0 aliphatic rings. The Balaban J connectivity index is 1.50. The molecule has 0 unspecified atom stereocenters. The fourth-order valence-corrected chi connectivity index (χ4v) is 2.95. The molecule has 25 heavy (non-hydrogen) atoms. The van der Waals surface area contributed by atoms with Crippen LogP contribution in [0.1, 0.15) is 16.8 Å². The van der Waals surface area contributed by atoms with Crippen LogP contribution in [0.4, 0.5) is 0 Å². The third kappa shape index (κ3) is 3.83. The van der Waals surface area contributed by atoms with Gasteiger partial charge in [-0.25, -0.2) is 0 Å². The number of H-pyrrole nitrogens is 1. The smallest absolute Gasteiger partial charge is 0.120 e. The van der Waals surface area contributed by atoms with Crippen molar-refractivity contribution in [3.05, 3.63) is 94.9 Å². The number of rotatable bonds is 5. The maximum atomic E-state index is 5.95. The number of hydrogen-bond donors (Lipinski definition) is 1. The van der Waals surface area contributed by atoms with E-state index in [1.54, 1.807) is 12.4 Å². The molecular weight excluding hydrogens is 332 g/mol. The summed E-state index contributed by atoms with van der Waals surface area (Å²) in [4.78, 5) is 7.48. The molecule has 0 radical (unpaired) electrons. The first kappa shape index (κ1) is 15.7. The third-order valence-electron chi connectivity index (χ3n) is 4.11. The first-order valence-corrected chi connectivity index (χ1v) is 8.52. The van der Waals surface area contributed by atoms with Gasteiger partial charge in [0.15, 0.2) is 0 Å². The highest BCUT2D eigenvalue weighted by atomic mass is 35.5. The van der Waals surface area contributed by atoms with Gasteiger partial charge in [0.05, 0.1) is 0 Å². The molecule has 2 heterocycles. The summed E-state index contributed by atoms with van der Waals surface area (Å²) in [5, 5.41) is 1.91. The van der Waals surface area contributed by atoms with Crippen LogP contribution in [0.5, 0.6) is 5.75 Å². The molecule has 0 aliphatic heterocycles. The molecule has 4 heteroatoms. The van der Waals surface area contributed by atoms with Gasteiger partial charge < -0.3 is 9.72 Å². The van der Waals surface area contributed by atoms with E-state index in [0.717, 1.165) is 33.7 Å². The summed E-state index contributed by atoms with van der Waals surface area (Å²) in [5.41, 5.74) is 4.61. The lowest BCUT2D eigenvalue weighted by atomic mass is 10.1. The summed E-state index contributed by atoms with van der Waals surface area (Å²) in [6.07, 6.45) is 4.40. The maximum absolute atomic E-state index is 5.95. The van der Waals surface area contributed by atoms with Crippen LogP contribution >= 0.6 is 11.6 Å². The first-order chi connectivity index (χ1) is 12.3. The fourth-order valence-electron chi connectivity index (χ4n) is 2.82. The van der Waals surface area contributed by atoms with Crippen molar-refractivity contribution in [2.45, 2.75) is 13.0 Å². The topological polar surface area (TPSA) is 37.9 Å². The SMILES string of the molecule is Clc1ccc(Cc2cc3cc(OCc4ccncc4)ccc3[nH]2)cc1. The Kier molecular flexibility index (Phi) is 4.40. The number of nitrogens with zero attached hydrogens (tertiary/aromatic N) is 1. The summed E-state index contributed by atoms with van der Waals surface area (Å²) >= 11 is 5.95. The zero-order valence-electron chi connectivity index (χ0n) is 13.6. The van der Waals surface area contributed by atoms with Crippen molar-refractivity contribution in [2.75, 3.05) is 0 Å². The number of benzene rings is 2. The average Bonchev–Trinajstić information content (AvgIpc) is 3.04. The molecular formula is C21H17ClN2O. The van der Waals surface area contributed by atoms with Crippen molar-refractivity contribution < 1.29 is 4.74 Å². The molecule has 4 rings (SSSR count). The Labute approximate surface area is 151 Å². The molecule has 0 spiro atoms. The van der Waals surface area contributed by atoms with Crippen LogP contribution in [-0.4, -0.2) is 9.97 Å². The van der Waals surface area contributed by atoms with E-state index >= 15 is 0 Å². The second-order valence-electron chi connectivity index (χ2n) is 5.99. The number of halogens is 1. The van der Waals surface area contributed by atoms with Crippen LogP contribution in [0, 0.1) is 0 Å². The van der Waals surface area contributed by atoms with Gasteiger partial charge in [0.25, 0.3) is 0 Å². The van der Waals surface area contributed by atoms with Crippen molar-refractivity contribution in [3.63, 3.8) is 0 Å².